The summed E-state index contributed by atoms with van der Waals surface area (Å²) in [6, 6.07) is 15.4. The van der Waals surface area contributed by atoms with Crippen molar-refractivity contribution in [1.82, 2.24) is 9.97 Å². The summed E-state index contributed by atoms with van der Waals surface area (Å²) in [4.78, 5) is 19.8. The van der Waals surface area contributed by atoms with Gasteiger partial charge in [0.15, 0.2) is 0 Å². The minimum Gasteiger partial charge on any atom is -0.503 e. The zero-order valence-electron chi connectivity index (χ0n) is 16.2. The molecule has 1 aromatic heterocycles. The summed E-state index contributed by atoms with van der Waals surface area (Å²) in [5.41, 5.74) is 1.33. The topological polar surface area (TPSA) is 115 Å². The highest BCUT2D eigenvalue weighted by atomic mass is 16.5. The summed E-state index contributed by atoms with van der Waals surface area (Å²) < 4.78 is 16.5. The van der Waals surface area contributed by atoms with Gasteiger partial charge in [-0.15, -0.1) is 0 Å². The lowest BCUT2D eigenvalue weighted by molar-refractivity contribution is -0.130. The fraction of sp³-hybridized carbons (Fsp3) is 0.0909. The van der Waals surface area contributed by atoms with Crippen molar-refractivity contribution >= 4 is 11.5 Å². The molecule has 0 atom stereocenters. The second kappa shape index (κ2) is 9.21. The van der Waals surface area contributed by atoms with Crippen LogP contribution in [-0.4, -0.2) is 28.2 Å². The molecule has 8 heteroatoms. The molecule has 0 amide bonds. The number of methoxy groups -OCH3 is 1. The fourth-order valence-electron chi connectivity index (χ4n) is 2.65. The van der Waals surface area contributed by atoms with Crippen LogP contribution in [-0.2, 0) is 9.53 Å². The Balaban J connectivity index is 1.95. The highest BCUT2D eigenvalue weighted by Crippen LogP contribution is 2.34. The monoisotopic (exact) mass is 403 g/mol. The average molecular weight is 403 g/mol. The van der Waals surface area contributed by atoms with Gasteiger partial charge in [-0.3, -0.25) is 0 Å². The van der Waals surface area contributed by atoms with Gasteiger partial charge in [0.1, 0.15) is 29.5 Å². The Morgan fingerprint density at radius 2 is 1.83 bits per heavy atom. The molecule has 0 unspecified atom stereocenters. The summed E-state index contributed by atoms with van der Waals surface area (Å²) in [6.07, 6.45) is 2.39. The Bertz CT molecular complexity index is 1150. The number of carboxylic acid groups (broad SMARTS) is 1. The van der Waals surface area contributed by atoms with Crippen molar-refractivity contribution < 1.29 is 24.1 Å². The quantitative estimate of drug-likeness (QED) is 0.458. The van der Waals surface area contributed by atoms with Crippen molar-refractivity contribution in [1.29, 1.82) is 5.26 Å². The lowest BCUT2D eigenvalue weighted by atomic mass is 10.0. The van der Waals surface area contributed by atoms with Crippen LogP contribution in [0.2, 0.25) is 0 Å². The zero-order chi connectivity index (χ0) is 21.5. The number of hydrogen-bond acceptors (Lipinski definition) is 7. The van der Waals surface area contributed by atoms with Gasteiger partial charge in [0.25, 0.3) is 0 Å². The molecule has 0 aliphatic carbocycles. The molecule has 3 rings (SSSR count). The largest absolute Gasteiger partial charge is 0.503 e. The van der Waals surface area contributed by atoms with Gasteiger partial charge in [0.05, 0.1) is 25.0 Å². The first-order valence-corrected chi connectivity index (χ1v) is 8.76. The summed E-state index contributed by atoms with van der Waals surface area (Å²) in [7, 11) is 1.37. The van der Waals surface area contributed by atoms with E-state index in [1.165, 1.54) is 19.5 Å². The number of rotatable bonds is 7. The number of carbonyl (C=O) groups is 1. The van der Waals surface area contributed by atoms with Crippen LogP contribution in [0.1, 0.15) is 16.7 Å². The number of carboxylic acids is 1. The summed E-state index contributed by atoms with van der Waals surface area (Å²) in [5.74, 6) is -0.189. The normalized spacial score (nSPS) is 10.8. The van der Waals surface area contributed by atoms with Gasteiger partial charge < -0.3 is 19.3 Å². The Morgan fingerprint density at radius 1 is 1.10 bits per heavy atom. The van der Waals surface area contributed by atoms with E-state index in [2.05, 4.69) is 9.97 Å². The van der Waals surface area contributed by atoms with Gasteiger partial charge >= 0.3 is 5.97 Å². The van der Waals surface area contributed by atoms with E-state index in [1.807, 2.05) is 6.07 Å². The summed E-state index contributed by atoms with van der Waals surface area (Å²) >= 11 is 0. The van der Waals surface area contributed by atoms with Crippen LogP contribution < -0.4 is 9.47 Å². The number of benzene rings is 2. The number of para-hydroxylation sites is 2. The molecular formula is C22H17N3O5. The molecule has 0 aliphatic heterocycles. The molecule has 0 aliphatic rings. The van der Waals surface area contributed by atoms with E-state index in [-0.39, 0.29) is 17.3 Å². The van der Waals surface area contributed by atoms with E-state index in [0.717, 1.165) is 6.26 Å². The van der Waals surface area contributed by atoms with E-state index >= 15 is 0 Å². The van der Waals surface area contributed by atoms with Crippen molar-refractivity contribution in [2.75, 3.05) is 7.11 Å². The van der Waals surface area contributed by atoms with E-state index in [9.17, 15) is 15.2 Å². The molecule has 3 aromatic rings. The van der Waals surface area contributed by atoms with Crippen molar-refractivity contribution in [3.63, 3.8) is 0 Å². The number of hydrogen-bond donors (Lipinski definition) is 1. The van der Waals surface area contributed by atoms with Crippen molar-refractivity contribution in [3.8, 4) is 29.3 Å². The number of aromatic nitrogens is 2. The average Bonchev–Trinajstić information content (AvgIpc) is 2.74. The third-order valence-electron chi connectivity index (χ3n) is 4.01. The molecule has 30 heavy (non-hydrogen) atoms. The van der Waals surface area contributed by atoms with Gasteiger partial charge in [-0.2, -0.15) is 5.26 Å². The molecule has 0 saturated heterocycles. The number of ether oxygens (including phenoxy) is 3. The number of nitrogens with zero attached hydrogens (tertiary/aromatic N) is 3. The van der Waals surface area contributed by atoms with Gasteiger partial charge in [0.2, 0.25) is 11.8 Å². The molecule has 0 saturated carbocycles. The van der Waals surface area contributed by atoms with Gasteiger partial charge in [-0.25, -0.2) is 14.8 Å². The highest BCUT2D eigenvalue weighted by Gasteiger charge is 2.19. The molecule has 2 aromatic carbocycles. The Kier molecular flexibility index (Phi) is 6.25. The molecule has 8 nitrogen and oxygen atoms in total. The summed E-state index contributed by atoms with van der Waals surface area (Å²) in [5, 5.41) is 18.7. The first kappa shape index (κ1) is 20.4. The Hall–Kier alpha value is -4.38. The minimum atomic E-state index is -1.16. The van der Waals surface area contributed by atoms with Crippen molar-refractivity contribution in [2.24, 2.45) is 0 Å². The standard InChI is InChI=1S/C22H17N3O5/c1-14-6-5-8-16(17(12-28-2)22(26)27)21(14)30-20-10-19(24-13-25-20)29-18-9-4-3-7-15(18)11-23/h3-10,12-13H,1-2H3,(H,26,27). The third kappa shape index (κ3) is 4.54. The SMILES string of the molecule is COC=C(C(=O)O)c1cccc(C)c1Oc1cc(Oc2ccccc2C#N)ncn1. The molecule has 150 valence electrons. The van der Waals surface area contributed by atoms with E-state index < -0.39 is 5.97 Å². The van der Waals surface area contributed by atoms with Crippen molar-refractivity contribution in [2.45, 2.75) is 6.92 Å². The predicted molar refractivity (Wildman–Crippen MR) is 107 cm³/mol. The van der Waals surface area contributed by atoms with E-state index in [1.54, 1.807) is 49.4 Å². The van der Waals surface area contributed by atoms with Crippen LogP contribution in [0.3, 0.4) is 0 Å². The van der Waals surface area contributed by atoms with Gasteiger partial charge in [-0.05, 0) is 24.6 Å². The molecule has 0 bridgehead atoms. The second-order valence-electron chi connectivity index (χ2n) is 6.03. The van der Waals surface area contributed by atoms with E-state index in [4.69, 9.17) is 14.2 Å². The summed E-state index contributed by atoms with van der Waals surface area (Å²) in [6.45, 7) is 1.78. The van der Waals surface area contributed by atoms with Gasteiger partial charge in [0, 0.05) is 5.56 Å². The van der Waals surface area contributed by atoms with Crippen LogP contribution in [0.5, 0.6) is 23.3 Å². The molecule has 0 fully saturated rings. The number of aliphatic carboxylic acids is 1. The maximum atomic E-state index is 11.6. The third-order valence-corrected chi connectivity index (χ3v) is 4.01. The highest BCUT2D eigenvalue weighted by molar-refractivity contribution is 6.16. The van der Waals surface area contributed by atoms with Crippen molar-refractivity contribution in [3.05, 3.63) is 77.8 Å². The zero-order valence-corrected chi connectivity index (χ0v) is 16.2. The fourth-order valence-corrected chi connectivity index (χ4v) is 2.65. The first-order chi connectivity index (χ1) is 14.5. The molecule has 0 spiro atoms. The maximum absolute atomic E-state index is 11.6. The van der Waals surface area contributed by atoms with Gasteiger partial charge in [-0.1, -0.05) is 30.3 Å². The maximum Gasteiger partial charge on any atom is 0.339 e. The molecule has 1 N–H and O–H groups in total. The first-order valence-electron chi connectivity index (χ1n) is 8.76. The van der Waals surface area contributed by atoms with Crippen LogP contribution in [0.15, 0.2) is 61.1 Å². The van der Waals surface area contributed by atoms with E-state index in [0.29, 0.717) is 28.2 Å². The van der Waals surface area contributed by atoms with Crippen LogP contribution in [0.25, 0.3) is 5.57 Å². The smallest absolute Gasteiger partial charge is 0.339 e. The second-order valence-corrected chi connectivity index (χ2v) is 6.03. The number of nitriles is 1. The van der Waals surface area contributed by atoms with Crippen LogP contribution in [0.4, 0.5) is 0 Å². The predicted octanol–water partition coefficient (Wildman–Crippen LogP) is 4.31. The number of aryl methyl sites for hydroxylation is 1. The Morgan fingerprint density at radius 3 is 2.53 bits per heavy atom. The molecule has 1 heterocycles. The Labute approximate surface area is 172 Å². The van der Waals surface area contributed by atoms with Crippen LogP contribution >= 0.6 is 0 Å². The molecular weight excluding hydrogens is 386 g/mol. The van der Waals surface area contributed by atoms with Crippen LogP contribution in [0, 0.1) is 18.3 Å². The lowest BCUT2D eigenvalue weighted by Crippen LogP contribution is -2.04. The lowest BCUT2D eigenvalue weighted by Gasteiger charge is -2.14. The minimum absolute atomic E-state index is 0.0651. The molecule has 0 radical (unpaired) electrons.